The zero-order valence-electron chi connectivity index (χ0n) is 11.3. The second-order valence-electron chi connectivity index (χ2n) is 4.43. The van der Waals surface area contributed by atoms with Gasteiger partial charge in [-0.1, -0.05) is 36.4 Å². The van der Waals surface area contributed by atoms with Crippen molar-refractivity contribution in [2.24, 2.45) is 0 Å². The molecule has 21 heavy (non-hydrogen) atoms. The average molecular weight is 285 g/mol. The van der Waals surface area contributed by atoms with Gasteiger partial charge in [0.2, 0.25) is 0 Å². The van der Waals surface area contributed by atoms with Crippen LogP contribution in [0.25, 0.3) is 0 Å². The van der Waals surface area contributed by atoms with Gasteiger partial charge in [0, 0.05) is 6.07 Å². The SMILES string of the molecule is C=CC(O)c1cc(OCc2ccccc2)ccc1[N+](=O)[O-]. The lowest BCUT2D eigenvalue weighted by molar-refractivity contribution is -0.386. The predicted molar refractivity (Wildman–Crippen MR) is 79.0 cm³/mol. The normalized spacial score (nSPS) is 11.7. The van der Waals surface area contributed by atoms with Crippen LogP contribution in [0.2, 0.25) is 0 Å². The Morgan fingerprint density at radius 1 is 1.29 bits per heavy atom. The molecule has 0 fully saturated rings. The maximum atomic E-state index is 11.0. The lowest BCUT2D eigenvalue weighted by Gasteiger charge is -2.10. The lowest BCUT2D eigenvalue weighted by Crippen LogP contribution is -2.02. The molecular weight excluding hydrogens is 270 g/mol. The van der Waals surface area contributed by atoms with Crippen LogP contribution in [0.5, 0.6) is 5.75 Å². The molecule has 1 unspecified atom stereocenters. The Morgan fingerprint density at radius 3 is 2.62 bits per heavy atom. The number of hydrogen-bond acceptors (Lipinski definition) is 4. The van der Waals surface area contributed by atoms with Crippen LogP contribution in [0.15, 0.2) is 61.2 Å². The summed E-state index contributed by atoms with van der Waals surface area (Å²) in [6, 6.07) is 13.9. The molecule has 0 heterocycles. The van der Waals surface area contributed by atoms with E-state index in [1.54, 1.807) is 0 Å². The molecule has 0 saturated heterocycles. The van der Waals surface area contributed by atoms with E-state index in [2.05, 4.69) is 6.58 Å². The van der Waals surface area contributed by atoms with Gasteiger partial charge in [-0.05, 0) is 17.7 Å². The number of aliphatic hydroxyl groups is 1. The highest BCUT2D eigenvalue weighted by molar-refractivity contribution is 5.47. The Kier molecular flexibility index (Phi) is 4.68. The monoisotopic (exact) mass is 285 g/mol. The van der Waals surface area contributed by atoms with Gasteiger partial charge in [-0.15, -0.1) is 6.58 Å². The van der Waals surface area contributed by atoms with Crippen molar-refractivity contribution < 1.29 is 14.8 Å². The van der Waals surface area contributed by atoms with Gasteiger partial charge >= 0.3 is 0 Å². The number of aliphatic hydroxyl groups excluding tert-OH is 1. The summed E-state index contributed by atoms with van der Waals surface area (Å²) in [4.78, 5) is 10.4. The first-order valence-electron chi connectivity index (χ1n) is 6.37. The third kappa shape index (κ3) is 3.67. The molecular formula is C16H15NO4. The van der Waals surface area contributed by atoms with Crippen molar-refractivity contribution in [3.63, 3.8) is 0 Å². The largest absolute Gasteiger partial charge is 0.489 e. The summed E-state index contributed by atoms with van der Waals surface area (Å²) in [5, 5.41) is 20.7. The maximum absolute atomic E-state index is 11.0. The molecule has 2 aromatic rings. The molecule has 0 aliphatic heterocycles. The van der Waals surface area contributed by atoms with Crippen LogP contribution < -0.4 is 4.74 Å². The van der Waals surface area contributed by atoms with Crippen molar-refractivity contribution in [3.05, 3.63) is 82.4 Å². The van der Waals surface area contributed by atoms with E-state index < -0.39 is 11.0 Å². The number of nitro benzene ring substituents is 1. The molecule has 5 nitrogen and oxygen atoms in total. The van der Waals surface area contributed by atoms with E-state index in [4.69, 9.17) is 4.74 Å². The number of nitro groups is 1. The molecule has 1 atom stereocenters. The zero-order valence-corrected chi connectivity index (χ0v) is 11.3. The number of hydrogen-bond donors (Lipinski definition) is 1. The first kappa shape index (κ1) is 14.7. The Morgan fingerprint density at radius 2 is 2.00 bits per heavy atom. The van der Waals surface area contributed by atoms with E-state index in [1.165, 1.54) is 24.3 Å². The minimum Gasteiger partial charge on any atom is -0.489 e. The summed E-state index contributed by atoms with van der Waals surface area (Å²) in [5.74, 6) is 0.459. The maximum Gasteiger partial charge on any atom is 0.275 e. The van der Waals surface area contributed by atoms with Gasteiger partial charge in [-0.2, -0.15) is 0 Å². The summed E-state index contributed by atoms with van der Waals surface area (Å²) in [7, 11) is 0. The topological polar surface area (TPSA) is 72.6 Å². The van der Waals surface area contributed by atoms with Crippen LogP contribution >= 0.6 is 0 Å². The predicted octanol–water partition coefficient (Wildman–Crippen LogP) is 3.39. The fraction of sp³-hybridized carbons (Fsp3) is 0.125. The van der Waals surface area contributed by atoms with Gasteiger partial charge < -0.3 is 9.84 Å². The van der Waals surface area contributed by atoms with Crippen molar-refractivity contribution in [1.29, 1.82) is 0 Å². The first-order chi connectivity index (χ1) is 10.1. The quantitative estimate of drug-likeness (QED) is 0.501. The fourth-order valence-electron chi connectivity index (χ4n) is 1.89. The van der Waals surface area contributed by atoms with Gasteiger partial charge in [0.1, 0.15) is 18.5 Å². The van der Waals surface area contributed by atoms with Gasteiger partial charge in [0.15, 0.2) is 0 Å². The van der Waals surface area contributed by atoms with E-state index in [0.717, 1.165) is 5.56 Å². The minimum atomic E-state index is -1.11. The highest BCUT2D eigenvalue weighted by Crippen LogP contribution is 2.30. The molecule has 0 aliphatic carbocycles. The Bertz CT molecular complexity index is 640. The van der Waals surface area contributed by atoms with Crippen LogP contribution in [0.4, 0.5) is 5.69 Å². The molecule has 0 amide bonds. The van der Waals surface area contributed by atoms with Crippen LogP contribution in [-0.4, -0.2) is 10.0 Å². The van der Waals surface area contributed by atoms with Crippen molar-refractivity contribution in [2.75, 3.05) is 0 Å². The molecule has 2 aromatic carbocycles. The molecule has 5 heteroatoms. The Labute approximate surface area is 122 Å². The number of benzene rings is 2. The molecule has 2 rings (SSSR count). The van der Waals surface area contributed by atoms with E-state index in [0.29, 0.717) is 12.4 Å². The van der Waals surface area contributed by atoms with Gasteiger partial charge in [0.05, 0.1) is 10.5 Å². The van der Waals surface area contributed by atoms with E-state index in [9.17, 15) is 15.2 Å². The van der Waals surface area contributed by atoms with Gasteiger partial charge in [-0.25, -0.2) is 0 Å². The molecule has 1 N–H and O–H groups in total. The van der Waals surface area contributed by atoms with E-state index in [-0.39, 0.29) is 11.3 Å². The summed E-state index contributed by atoms with van der Waals surface area (Å²) >= 11 is 0. The second kappa shape index (κ2) is 6.67. The van der Waals surface area contributed by atoms with Gasteiger partial charge in [0.25, 0.3) is 5.69 Å². The highest BCUT2D eigenvalue weighted by Gasteiger charge is 2.19. The summed E-state index contributed by atoms with van der Waals surface area (Å²) < 4.78 is 5.59. The third-order valence-corrected chi connectivity index (χ3v) is 2.99. The Balaban J connectivity index is 2.21. The number of rotatable bonds is 6. The molecule has 0 saturated carbocycles. The van der Waals surface area contributed by atoms with Crippen molar-refractivity contribution in [1.82, 2.24) is 0 Å². The molecule has 0 aromatic heterocycles. The standard InChI is InChI=1S/C16H15NO4/c1-2-16(18)14-10-13(8-9-15(14)17(19)20)21-11-12-6-4-3-5-7-12/h2-10,16,18H,1,11H2. The summed E-state index contributed by atoms with van der Waals surface area (Å²) in [6.45, 7) is 3.80. The van der Waals surface area contributed by atoms with Gasteiger partial charge in [-0.3, -0.25) is 10.1 Å². The van der Waals surface area contributed by atoms with Crippen molar-refractivity contribution in [2.45, 2.75) is 12.7 Å². The van der Waals surface area contributed by atoms with Crippen LogP contribution in [-0.2, 0) is 6.61 Å². The van der Waals surface area contributed by atoms with E-state index >= 15 is 0 Å². The first-order valence-corrected chi connectivity index (χ1v) is 6.37. The smallest absolute Gasteiger partial charge is 0.275 e. The molecule has 0 aliphatic rings. The second-order valence-corrected chi connectivity index (χ2v) is 4.43. The average Bonchev–Trinajstić information content (AvgIpc) is 2.52. The fourth-order valence-corrected chi connectivity index (χ4v) is 1.89. The minimum absolute atomic E-state index is 0.158. The highest BCUT2D eigenvalue weighted by atomic mass is 16.6. The third-order valence-electron chi connectivity index (χ3n) is 2.99. The lowest BCUT2D eigenvalue weighted by atomic mass is 10.1. The molecule has 108 valence electrons. The van der Waals surface area contributed by atoms with Crippen LogP contribution in [0, 0.1) is 10.1 Å². The molecule has 0 radical (unpaired) electrons. The molecule has 0 bridgehead atoms. The van der Waals surface area contributed by atoms with Crippen molar-refractivity contribution in [3.8, 4) is 5.75 Å². The number of nitrogens with zero attached hydrogens (tertiary/aromatic N) is 1. The zero-order chi connectivity index (χ0) is 15.2. The molecule has 0 spiro atoms. The summed E-state index contributed by atoms with van der Waals surface area (Å²) in [5.41, 5.74) is 0.997. The number of ether oxygens (including phenoxy) is 1. The Hall–Kier alpha value is -2.66. The van der Waals surface area contributed by atoms with E-state index in [1.807, 2.05) is 30.3 Å². The summed E-state index contributed by atoms with van der Waals surface area (Å²) in [6.07, 6.45) is 0.134. The van der Waals surface area contributed by atoms with Crippen LogP contribution in [0.1, 0.15) is 17.2 Å². The van der Waals surface area contributed by atoms with Crippen molar-refractivity contribution >= 4 is 5.69 Å². The van der Waals surface area contributed by atoms with Crippen LogP contribution in [0.3, 0.4) is 0 Å².